The van der Waals surface area contributed by atoms with Crippen LogP contribution >= 0.6 is 0 Å². The van der Waals surface area contributed by atoms with Crippen molar-refractivity contribution in [2.45, 2.75) is 44.3 Å². The normalized spacial score (nSPS) is 18.0. The molecule has 2 heterocycles. The van der Waals surface area contributed by atoms with Crippen molar-refractivity contribution in [1.29, 1.82) is 0 Å². The third kappa shape index (κ3) is 4.56. The monoisotopic (exact) mass is 720 g/mol. The average molecular weight is 721 g/mol. The molecule has 0 atom stereocenters. The van der Waals surface area contributed by atoms with Gasteiger partial charge in [0.1, 0.15) is 11.5 Å². The number of para-hydroxylation sites is 2. The number of hydrogen-bond acceptors (Lipinski definition) is 3. The fourth-order valence-corrected chi connectivity index (χ4v) is 13.5. The second kappa shape index (κ2) is 12.0. The maximum atomic E-state index is 10.2. The van der Waals surface area contributed by atoms with Crippen molar-refractivity contribution in [2.75, 3.05) is 0 Å². The van der Waals surface area contributed by atoms with Crippen molar-refractivity contribution in [1.82, 2.24) is 0 Å². The maximum Gasteiger partial charge on any atom is 0.494 e. The molecule has 54 heavy (non-hydrogen) atoms. The van der Waals surface area contributed by atoms with E-state index in [1.165, 1.54) is 0 Å². The molecule has 0 bridgehead atoms. The molecular formula is C49H41BO3Si. The van der Waals surface area contributed by atoms with E-state index < -0.39 is 31.8 Å². The lowest BCUT2D eigenvalue weighted by Crippen LogP contribution is -2.75. The molecule has 5 heteroatoms. The Kier molecular flexibility index (Phi) is 6.45. The lowest BCUT2D eigenvalue weighted by atomic mass is 9.66. The van der Waals surface area contributed by atoms with Crippen LogP contribution in [0.3, 0.4) is 0 Å². The fourth-order valence-electron chi connectivity index (χ4n) is 9.02. The second-order valence-electron chi connectivity index (χ2n) is 15.5. The zero-order valence-corrected chi connectivity index (χ0v) is 31.7. The number of hydrogen-bond donors (Lipinski definition) is 0. The molecule has 3 aliphatic rings. The third-order valence-corrected chi connectivity index (χ3v) is 16.8. The molecule has 0 aromatic heterocycles. The quantitative estimate of drug-likeness (QED) is 0.134. The first-order chi connectivity index (χ1) is 27.9. The molecule has 1 saturated heterocycles. The van der Waals surface area contributed by atoms with Crippen LogP contribution in [-0.2, 0) is 14.7 Å². The summed E-state index contributed by atoms with van der Waals surface area (Å²) in [5.41, 5.74) is 4.52. The first-order valence-corrected chi connectivity index (χ1v) is 20.6. The van der Waals surface area contributed by atoms with Crippen molar-refractivity contribution < 1.29 is 19.5 Å². The summed E-state index contributed by atoms with van der Waals surface area (Å²) in [5.74, 6) is 1.59. The smallest absolute Gasteiger partial charge is 0.457 e. The standard InChI is InChI=1S/C49H41BO3Si/c1-47(2)48(3,4)53-50(52-47)34-18-17-23-37(32-34)54(35-19-7-5-8-20-35,36-21-9-6-10-22-36)38-30-31-40-39-24-11-12-25-41(39)49(44(40)33-38)42-26-13-15-28-45(42)51-46-29-16-14-27-43(46)49/h5-33H,1-4H3/i17D,18D,23D,32D. The van der Waals surface area contributed by atoms with Crippen molar-refractivity contribution in [3.05, 3.63) is 198 Å². The highest BCUT2D eigenvalue weighted by molar-refractivity contribution is 7.20. The molecule has 262 valence electrons. The Morgan fingerprint density at radius 3 is 1.63 bits per heavy atom. The number of benzene rings is 7. The molecule has 7 aromatic rings. The highest BCUT2D eigenvalue weighted by Crippen LogP contribution is 2.61. The zero-order valence-electron chi connectivity index (χ0n) is 34.7. The minimum Gasteiger partial charge on any atom is -0.457 e. The van der Waals surface area contributed by atoms with Crippen LogP contribution in [0.1, 0.15) is 55.4 Å². The SMILES string of the molecule is [2H]c1c([2H])c(B2OC(C)(C)C(C)(C)O2)c([2H])c([Si](c2ccccc2)(c2ccccc2)c2ccc3c(c2)C2(c4ccccc4Oc4ccccc42)c2ccccc2-3)c1[2H]. The Bertz CT molecular complexity index is 2690. The topological polar surface area (TPSA) is 27.7 Å². The first kappa shape index (κ1) is 29.0. The van der Waals surface area contributed by atoms with Gasteiger partial charge in [0.05, 0.1) is 22.1 Å². The maximum absolute atomic E-state index is 10.2. The van der Waals surface area contributed by atoms with Gasteiger partial charge < -0.3 is 14.0 Å². The van der Waals surface area contributed by atoms with Crippen LogP contribution in [0, 0.1) is 0 Å². The molecular weight excluding hydrogens is 675 g/mol. The largest absolute Gasteiger partial charge is 0.494 e. The summed E-state index contributed by atoms with van der Waals surface area (Å²) in [5, 5.41) is 3.29. The van der Waals surface area contributed by atoms with Crippen LogP contribution in [0.4, 0.5) is 0 Å². The van der Waals surface area contributed by atoms with Gasteiger partial charge in [-0.2, -0.15) is 0 Å². The Hall–Kier alpha value is -5.46. The van der Waals surface area contributed by atoms with Gasteiger partial charge in [-0.05, 0) is 88.3 Å². The van der Waals surface area contributed by atoms with E-state index >= 15 is 0 Å². The predicted octanol–water partition coefficient (Wildman–Crippen LogP) is 7.83. The Morgan fingerprint density at radius 2 is 1.02 bits per heavy atom. The minimum atomic E-state index is -3.73. The summed E-state index contributed by atoms with van der Waals surface area (Å²) >= 11 is 0. The van der Waals surface area contributed by atoms with Gasteiger partial charge in [-0.3, -0.25) is 0 Å². The molecule has 0 unspecified atom stereocenters. The molecule has 3 nitrogen and oxygen atoms in total. The molecule has 0 N–H and O–H groups in total. The lowest BCUT2D eigenvalue weighted by Gasteiger charge is -2.40. The third-order valence-electron chi connectivity index (χ3n) is 12.2. The number of rotatable bonds is 5. The summed E-state index contributed by atoms with van der Waals surface area (Å²) in [6, 6.07) is 51.8. The molecule has 7 aromatic carbocycles. The van der Waals surface area contributed by atoms with Crippen LogP contribution in [0.25, 0.3) is 11.1 Å². The van der Waals surface area contributed by atoms with Gasteiger partial charge in [-0.1, -0.05) is 164 Å². The molecule has 10 rings (SSSR count). The lowest BCUT2D eigenvalue weighted by molar-refractivity contribution is 0.00578. The Morgan fingerprint density at radius 1 is 0.500 bits per heavy atom. The van der Waals surface area contributed by atoms with Crippen molar-refractivity contribution in [3.8, 4) is 22.6 Å². The van der Waals surface area contributed by atoms with E-state index in [2.05, 4.69) is 91.0 Å². The molecule has 1 spiro atoms. The van der Waals surface area contributed by atoms with Gasteiger partial charge in [-0.15, -0.1) is 0 Å². The van der Waals surface area contributed by atoms with Crippen LogP contribution in [0.5, 0.6) is 11.5 Å². The van der Waals surface area contributed by atoms with E-state index in [1.54, 1.807) is 0 Å². The van der Waals surface area contributed by atoms with Gasteiger partial charge in [0.15, 0.2) is 8.07 Å². The molecule has 1 fully saturated rings. The first-order valence-electron chi connectivity index (χ1n) is 20.6. The van der Waals surface area contributed by atoms with Crippen LogP contribution in [0.15, 0.2) is 176 Å². The van der Waals surface area contributed by atoms with Gasteiger partial charge in [0, 0.05) is 11.1 Å². The van der Waals surface area contributed by atoms with E-state index in [0.29, 0.717) is 5.19 Å². The summed E-state index contributed by atoms with van der Waals surface area (Å²) in [4.78, 5) is 0. The summed E-state index contributed by atoms with van der Waals surface area (Å²) < 4.78 is 58.5. The summed E-state index contributed by atoms with van der Waals surface area (Å²) in [6.07, 6.45) is 0. The van der Waals surface area contributed by atoms with E-state index in [1.807, 2.05) is 88.4 Å². The molecule has 0 amide bonds. The van der Waals surface area contributed by atoms with Crippen LogP contribution in [0.2, 0.25) is 0 Å². The van der Waals surface area contributed by atoms with E-state index in [9.17, 15) is 5.48 Å². The summed E-state index contributed by atoms with van der Waals surface area (Å²) in [7, 11) is -4.80. The molecule has 0 saturated carbocycles. The highest BCUT2D eigenvalue weighted by Gasteiger charge is 2.54. The Labute approximate surface area is 325 Å². The van der Waals surface area contributed by atoms with Crippen molar-refractivity contribution in [2.24, 2.45) is 0 Å². The highest BCUT2D eigenvalue weighted by atomic mass is 28.3. The van der Waals surface area contributed by atoms with Gasteiger partial charge in [0.2, 0.25) is 0 Å². The number of fused-ring (bicyclic) bond motifs is 9. The van der Waals surface area contributed by atoms with Gasteiger partial charge in [0.25, 0.3) is 0 Å². The zero-order chi connectivity index (χ0) is 40.2. The van der Waals surface area contributed by atoms with Crippen molar-refractivity contribution >= 4 is 41.4 Å². The molecule has 1 aliphatic carbocycles. The second-order valence-corrected chi connectivity index (χ2v) is 19.2. The van der Waals surface area contributed by atoms with E-state index in [-0.39, 0.29) is 29.6 Å². The van der Waals surface area contributed by atoms with Gasteiger partial charge >= 0.3 is 7.12 Å². The fraction of sp³-hybridized carbons (Fsp3) is 0.143. The van der Waals surface area contributed by atoms with Crippen LogP contribution < -0.4 is 30.9 Å². The number of ether oxygens (including phenoxy) is 1. The predicted molar refractivity (Wildman–Crippen MR) is 223 cm³/mol. The average Bonchev–Trinajstić information content (AvgIpc) is 3.64. The van der Waals surface area contributed by atoms with Crippen LogP contribution in [-0.4, -0.2) is 26.4 Å². The Balaban J connectivity index is 1.35. The van der Waals surface area contributed by atoms with E-state index in [0.717, 1.165) is 60.4 Å². The van der Waals surface area contributed by atoms with E-state index in [4.69, 9.17) is 14.0 Å². The molecule has 2 aliphatic heterocycles. The van der Waals surface area contributed by atoms with Crippen molar-refractivity contribution in [3.63, 3.8) is 0 Å². The minimum absolute atomic E-state index is 0.00382. The van der Waals surface area contributed by atoms with Gasteiger partial charge in [-0.25, -0.2) is 0 Å². The summed E-state index contributed by atoms with van der Waals surface area (Å²) in [6.45, 7) is 7.78. The molecule has 0 radical (unpaired) electrons.